The molecule has 1 aliphatic rings. The zero-order valence-corrected chi connectivity index (χ0v) is 5.92. The maximum Gasteiger partial charge on any atom is 0.111 e. The summed E-state index contributed by atoms with van der Waals surface area (Å²) < 4.78 is 4.74. The number of aliphatic hydroxyl groups excluding tert-OH is 4. The van der Waals surface area contributed by atoms with Gasteiger partial charge in [-0.3, -0.25) is 0 Å². The van der Waals surface area contributed by atoms with Crippen molar-refractivity contribution in [2.75, 3.05) is 13.2 Å². The number of aliphatic hydroxyl groups is 4. The van der Waals surface area contributed by atoms with E-state index in [-0.39, 0.29) is 13.2 Å². The fraction of sp³-hybridized carbons (Fsp3) is 1.00. The summed E-state index contributed by atoms with van der Waals surface area (Å²) in [5, 5.41) is 36.1. The molecule has 4 atom stereocenters. The monoisotopic (exact) mass is 164 g/mol. The minimum Gasteiger partial charge on any atom is -0.388 e. The molecule has 1 aliphatic heterocycles. The molecule has 5 nitrogen and oxygen atoms in total. The van der Waals surface area contributed by atoms with Crippen LogP contribution in [0.2, 0.25) is 0 Å². The van der Waals surface area contributed by atoms with Crippen LogP contribution in [0.5, 0.6) is 0 Å². The number of hydrogen-bond acceptors (Lipinski definition) is 5. The summed E-state index contributed by atoms with van der Waals surface area (Å²) in [6.45, 7) is -0.120. The van der Waals surface area contributed by atoms with Crippen molar-refractivity contribution in [1.29, 1.82) is 0 Å². The summed E-state index contributed by atoms with van der Waals surface area (Å²) in [6, 6.07) is 0. The van der Waals surface area contributed by atoms with E-state index in [2.05, 4.69) is 0 Å². The highest BCUT2D eigenvalue weighted by Gasteiger charge is 2.33. The van der Waals surface area contributed by atoms with Crippen LogP contribution in [-0.2, 0) is 4.74 Å². The van der Waals surface area contributed by atoms with Crippen LogP contribution < -0.4 is 0 Å². The average Bonchev–Trinajstić information content (AvgIpc) is 2.07. The summed E-state index contributed by atoms with van der Waals surface area (Å²) in [5.41, 5.74) is 0. The Kier molecular flexibility index (Phi) is 2.80. The Morgan fingerprint density at radius 2 is 1.18 bits per heavy atom. The first-order valence-electron chi connectivity index (χ1n) is 3.43. The second kappa shape index (κ2) is 3.46. The van der Waals surface area contributed by atoms with Gasteiger partial charge in [-0.2, -0.15) is 0 Å². The van der Waals surface area contributed by atoms with Gasteiger partial charge in [0, 0.05) is 0 Å². The first-order chi connectivity index (χ1) is 5.13. The van der Waals surface area contributed by atoms with Gasteiger partial charge < -0.3 is 25.2 Å². The van der Waals surface area contributed by atoms with Crippen molar-refractivity contribution in [3.8, 4) is 0 Å². The highest BCUT2D eigenvalue weighted by molar-refractivity contribution is 4.83. The maximum absolute atomic E-state index is 9.06. The third-order valence-corrected chi connectivity index (χ3v) is 1.72. The highest BCUT2D eigenvalue weighted by Crippen LogP contribution is 2.10. The Balaban J connectivity index is 2.58. The molecule has 11 heavy (non-hydrogen) atoms. The Hall–Kier alpha value is -0.200. The first-order valence-corrected chi connectivity index (χ1v) is 3.43. The standard InChI is InChI=1S/C6H12O5/c7-3-1-11-2-4(8)6(10)5(3)9/h3-10H,1-2H2/t3-,4-,5+,6+/m1/s1. The summed E-state index contributed by atoms with van der Waals surface area (Å²) in [7, 11) is 0. The normalized spacial score (nSPS) is 46.9. The van der Waals surface area contributed by atoms with Crippen LogP contribution in [0.3, 0.4) is 0 Å². The molecule has 0 aliphatic carbocycles. The van der Waals surface area contributed by atoms with Gasteiger partial charge in [0.15, 0.2) is 0 Å². The van der Waals surface area contributed by atoms with Crippen molar-refractivity contribution in [3.05, 3.63) is 0 Å². The lowest BCUT2D eigenvalue weighted by Crippen LogP contribution is -2.43. The molecule has 1 heterocycles. The minimum atomic E-state index is -1.33. The number of ether oxygens (including phenoxy) is 1. The van der Waals surface area contributed by atoms with Crippen LogP contribution in [-0.4, -0.2) is 58.1 Å². The smallest absolute Gasteiger partial charge is 0.111 e. The van der Waals surface area contributed by atoms with Crippen molar-refractivity contribution in [2.24, 2.45) is 0 Å². The Morgan fingerprint density at radius 1 is 0.818 bits per heavy atom. The third-order valence-electron chi connectivity index (χ3n) is 1.72. The first kappa shape index (κ1) is 8.89. The predicted octanol–water partition coefficient (Wildman–Crippen LogP) is -2.54. The molecule has 0 unspecified atom stereocenters. The summed E-state index contributed by atoms with van der Waals surface area (Å²) in [5.74, 6) is 0. The minimum absolute atomic E-state index is 0.0602. The molecule has 1 saturated heterocycles. The van der Waals surface area contributed by atoms with Crippen LogP contribution in [0.4, 0.5) is 0 Å². The van der Waals surface area contributed by atoms with Crippen molar-refractivity contribution in [1.82, 2.24) is 0 Å². The molecule has 0 bridgehead atoms. The van der Waals surface area contributed by atoms with Gasteiger partial charge in [-0.05, 0) is 0 Å². The van der Waals surface area contributed by atoms with Crippen molar-refractivity contribution < 1.29 is 25.2 Å². The lowest BCUT2D eigenvalue weighted by molar-refractivity contribution is -0.0894. The average molecular weight is 164 g/mol. The van der Waals surface area contributed by atoms with E-state index in [1.54, 1.807) is 0 Å². The predicted molar refractivity (Wildman–Crippen MR) is 34.8 cm³/mol. The quantitative estimate of drug-likeness (QED) is 0.317. The van der Waals surface area contributed by atoms with E-state index in [1.165, 1.54) is 0 Å². The number of hydrogen-bond donors (Lipinski definition) is 4. The van der Waals surface area contributed by atoms with Crippen molar-refractivity contribution in [3.63, 3.8) is 0 Å². The summed E-state index contributed by atoms with van der Waals surface area (Å²) >= 11 is 0. The molecule has 1 fully saturated rings. The van der Waals surface area contributed by atoms with Gasteiger partial charge in [-0.1, -0.05) is 0 Å². The molecule has 1 rings (SSSR count). The molecule has 0 aromatic heterocycles. The summed E-state index contributed by atoms with van der Waals surface area (Å²) in [4.78, 5) is 0. The van der Waals surface area contributed by atoms with Gasteiger partial charge in [0.25, 0.3) is 0 Å². The molecule has 0 radical (unpaired) electrons. The van der Waals surface area contributed by atoms with Crippen LogP contribution in [0, 0.1) is 0 Å². The second-order valence-corrected chi connectivity index (χ2v) is 2.65. The van der Waals surface area contributed by atoms with E-state index in [4.69, 9.17) is 25.2 Å². The molecule has 5 heteroatoms. The zero-order valence-electron chi connectivity index (χ0n) is 5.92. The topological polar surface area (TPSA) is 90.2 Å². The Morgan fingerprint density at radius 3 is 1.55 bits per heavy atom. The van der Waals surface area contributed by atoms with Gasteiger partial charge in [0.05, 0.1) is 13.2 Å². The lowest BCUT2D eigenvalue weighted by atomic mass is 10.1. The third kappa shape index (κ3) is 1.88. The molecule has 4 N–H and O–H groups in total. The molecular weight excluding hydrogens is 152 g/mol. The molecule has 0 aromatic rings. The van der Waals surface area contributed by atoms with Crippen LogP contribution in [0.1, 0.15) is 0 Å². The molecule has 0 aromatic carbocycles. The van der Waals surface area contributed by atoms with Gasteiger partial charge in [-0.25, -0.2) is 0 Å². The fourth-order valence-electron chi connectivity index (χ4n) is 0.962. The Bertz CT molecular complexity index is 114. The molecule has 0 spiro atoms. The van der Waals surface area contributed by atoms with E-state index in [1.807, 2.05) is 0 Å². The SMILES string of the molecule is O[C@@H]1[C@@H](O)[C@H](O)COC[C@H]1O. The van der Waals surface area contributed by atoms with Crippen LogP contribution in [0.25, 0.3) is 0 Å². The molecule has 0 saturated carbocycles. The van der Waals surface area contributed by atoms with Gasteiger partial charge >= 0.3 is 0 Å². The fourth-order valence-corrected chi connectivity index (χ4v) is 0.962. The van der Waals surface area contributed by atoms with Gasteiger partial charge in [0.1, 0.15) is 24.4 Å². The Labute approximate surface area is 63.8 Å². The largest absolute Gasteiger partial charge is 0.388 e. The molecule has 0 amide bonds. The van der Waals surface area contributed by atoms with Crippen molar-refractivity contribution in [2.45, 2.75) is 24.4 Å². The van der Waals surface area contributed by atoms with Gasteiger partial charge in [0.2, 0.25) is 0 Å². The van der Waals surface area contributed by atoms with E-state index >= 15 is 0 Å². The summed E-state index contributed by atoms with van der Waals surface area (Å²) in [6.07, 6.45) is -4.90. The second-order valence-electron chi connectivity index (χ2n) is 2.65. The highest BCUT2D eigenvalue weighted by atomic mass is 16.5. The lowest BCUT2D eigenvalue weighted by Gasteiger charge is -2.20. The van der Waals surface area contributed by atoms with E-state index in [0.29, 0.717) is 0 Å². The van der Waals surface area contributed by atoms with Crippen LogP contribution in [0.15, 0.2) is 0 Å². The number of rotatable bonds is 0. The van der Waals surface area contributed by atoms with Gasteiger partial charge in [-0.15, -0.1) is 0 Å². The van der Waals surface area contributed by atoms with E-state index < -0.39 is 24.4 Å². The van der Waals surface area contributed by atoms with E-state index in [0.717, 1.165) is 0 Å². The molecule has 66 valence electrons. The molecular formula is C6H12O5. The van der Waals surface area contributed by atoms with E-state index in [9.17, 15) is 0 Å². The van der Waals surface area contributed by atoms with Crippen molar-refractivity contribution >= 4 is 0 Å². The van der Waals surface area contributed by atoms with Crippen LogP contribution >= 0.6 is 0 Å². The maximum atomic E-state index is 9.06. The zero-order chi connectivity index (χ0) is 8.43.